The first-order chi connectivity index (χ1) is 11.5. The van der Waals surface area contributed by atoms with E-state index >= 15 is 0 Å². The van der Waals surface area contributed by atoms with Crippen molar-refractivity contribution in [2.24, 2.45) is 21.3 Å². The van der Waals surface area contributed by atoms with Gasteiger partial charge in [0.1, 0.15) is 6.04 Å². The minimum Gasteiger partial charge on any atom is -0.483 e. The van der Waals surface area contributed by atoms with Crippen LogP contribution >= 0.6 is 0 Å². The Kier molecular flexibility index (Phi) is 8.81. The Hall–Kier alpha value is -1.91. The molecule has 0 heterocycles. The summed E-state index contributed by atoms with van der Waals surface area (Å²) in [4.78, 5) is 21.2. The lowest BCUT2D eigenvalue weighted by Gasteiger charge is -2.38. The van der Waals surface area contributed by atoms with Crippen LogP contribution in [-0.2, 0) is 14.3 Å². The van der Waals surface area contributed by atoms with Gasteiger partial charge in [-0.05, 0) is 37.7 Å². The summed E-state index contributed by atoms with van der Waals surface area (Å²) >= 11 is 0. The van der Waals surface area contributed by atoms with Gasteiger partial charge in [0, 0.05) is 0 Å². The lowest BCUT2D eigenvalue weighted by Crippen LogP contribution is -2.40. The third kappa shape index (κ3) is 6.15. The van der Waals surface area contributed by atoms with Crippen LogP contribution in [0, 0.1) is 11.3 Å². The van der Waals surface area contributed by atoms with Gasteiger partial charge in [-0.3, -0.25) is 4.79 Å². The lowest BCUT2D eigenvalue weighted by atomic mass is 9.72. The average Bonchev–Trinajstić information content (AvgIpc) is 2.52. The minimum absolute atomic E-state index is 0.00149. The van der Waals surface area contributed by atoms with E-state index in [-0.39, 0.29) is 23.0 Å². The van der Waals surface area contributed by atoms with E-state index in [2.05, 4.69) is 45.8 Å². The van der Waals surface area contributed by atoms with Crippen LogP contribution in [0.4, 0.5) is 0 Å². The molecule has 5 nitrogen and oxygen atoms in total. The molecule has 0 saturated carbocycles. The molecule has 0 fully saturated rings. The summed E-state index contributed by atoms with van der Waals surface area (Å²) in [5.41, 5.74) is -0.532. The maximum atomic E-state index is 11.9. The van der Waals surface area contributed by atoms with Crippen molar-refractivity contribution in [1.82, 2.24) is 0 Å². The molecule has 0 bridgehead atoms. The van der Waals surface area contributed by atoms with E-state index in [4.69, 9.17) is 14.5 Å². The van der Waals surface area contributed by atoms with E-state index < -0.39 is 11.6 Å². The Balaban J connectivity index is 6.06. The second kappa shape index (κ2) is 9.54. The standard InChI is InChI=1S/C20H34N2O3/c1-11-13-19(5,6)20(7,8)22-18(25-10)16(14(3)4)21-17(24-9)15(23)12-2/h11-12,14,16H,1-2,13H2,3-10H3. The first-order valence-corrected chi connectivity index (χ1v) is 8.50. The summed E-state index contributed by atoms with van der Waals surface area (Å²) in [7, 11) is 2.99. The molecule has 1 atom stereocenters. The van der Waals surface area contributed by atoms with Crippen molar-refractivity contribution in [3.63, 3.8) is 0 Å². The fourth-order valence-electron chi connectivity index (χ4n) is 2.19. The highest BCUT2D eigenvalue weighted by Crippen LogP contribution is 2.38. The monoisotopic (exact) mass is 350 g/mol. The summed E-state index contributed by atoms with van der Waals surface area (Å²) < 4.78 is 10.7. The third-order valence-corrected chi connectivity index (χ3v) is 4.64. The zero-order valence-electron chi connectivity index (χ0n) is 17.0. The Labute approximate surface area is 152 Å². The highest BCUT2D eigenvalue weighted by Gasteiger charge is 2.37. The molecule has 0 aromatic carbocycles. The number of aliphatic imine (C=N–C) groups is 2. The quantitative estimate of drug-likeness (QED) is 0.270. The number of rotatable bonds is 9. The third-order valence-electron chi connectivity index (χ3n) is 4.64. The van der Waals surface area contributed by atoms with Crippen LogP contribution in [0.5, 0.6) is 0 Å². The number of carbonyl (C=O) groups is 1. The number of carbonyl (C=O) groups excluding carboxylic acids is 1. The van der Waals surface area contributed by atoms with Crippen LogP contribution in [0.3, 0.4) is 0 Å². The molecule has 0 aromatic heterocycles. The molecule has 0 aliphatic rings. The number of hydrogen-bond donors (Lipinski definition) is 0. The van der Waals surface area contributed by atoms with Crippen LogP contribution in [0.15, 0.2) is 35.3 Å². The van der Waals surface area contributed by atoms with E-state index in [9.17, 15) is 4.79 Å². The van der Waals surface area contributed by atoms with Gasteiger partial charge in [-0.25, -0.2) is 9.98 Å². The first kappa shape index (κ1) is 23.1. The highest BCUT2D eigenvalue weighted by molar-refractivity contribution is 6.40. The second-order valence-electron chi connectivity index (χ2n) is 7.49. The Bertz CT molecular complexity index is 543. The van der Waals surface area contributed by atoms with Crippen LogP contribution in [0.25, 0.3) is 0 Å². The van der Waals surface area contributed by atoms with Crippen molar-refractivity contribution in [2.75, 3.05) is 14.2 Å². The number of ether oxygens (including phenoxy) is 2. The van der Waals surface area contributed by atoms with Crippen molar-refractivity contribution in [3.05, 3.63) is 25.3 Å². The predicted octanol–water partition coefficient (Wildman–Crippen LogP) is 4.24. The molecule has 0 rings (SSSR count). The lowest BCUT2D eigenvalue weighted by molar-refractivity contribution is -0.110. The number of ketones is 1. The fourth-order valence-corrected chi connectivity index (χ4v) is 2.19. The van der Waals surface area contributed by atoms with Crippen molar-refractivity contribution in [1.29, 1.82) is 0 Å². The Morgan fingerprint density at radius 2 is 1.68 bits per heavy atom. The summed E-state index contributed by atoms with van der Waals surface area (Å²) in [6.45, 7) is 19.7. The Morgan fingerprint density at radius 3 is 2.04 bits per heavy atom. The number of nitrogens with zero attached hydrogens (tertiary/aromatic N) is 2. The smallest absolute Gasteiger partial charge is 0.258 e. The van der Waals surface area contributed by atoms with E-state index in [1.807, 2.05) is 19.9 Å². The molecule has 0 aromatic rings. The fraction of sp³-hybridized carbons (Fsp3) is 0.650. The number of hydrogen-bond acceptors (Lipinski definition) is 5. The zero-order chi connectivity index (χ0) is 19.8. The average molecular weight is 351 g/mol. The molecule has 0 radical (unpaired) electrons. The Morgan fingerprint density at radius 1 is 1.12 bits per heavy atom. The maximum Gasteiger partial charge on any atom is 0.258 e. The van der Waals surface area contributed by atoms with E-state index in [1.165, 1.54) is 13.2 Å². The summed E-state index contributed by atoms with van der Waals surface area (Å²) in [5, 5.41) is 0. The van der Waals surface area contributed by atoms with E-state index in [0.29, 0.717) is 5.90 Å². The molecule has 142 valence electrons. The SMILES string of the molecule is C=CCC(C)(C)C(C)(C)N=C(OC)C(N=C(OC)C(=O)C=C)C(C)C. The molecule has 0 amide bonds. The summed E-state index contributed by atoms with van der Waals surface area (Å²) in [6.07, 6.45) is 3.89. The van der Waals surface area contributed by atoms with Crippen LogP contribution in [0.2, 0.25) is 0 Å². The normalized spacial score (nSPS) is 14.9. The van der Waals surface area contributed by atoms with Gasteiger partial charge in [0.15, 0.2) is 0 Å². The first-order valence-electron chi connectivity index (χ1n) is 8.50. The topological polar surface area (TPSA) is 60.3 Å². The molecular formula is C20H34N2O3. The van der Waals surface area contributed by atoms with E-state index in [1.54, 1.807) is 7.11 Å². The number of allylic oxidation sites excluding steroid dienone is 1. The van der Waals surface area contributed by atoms with Crippen LogP contribution < -0.4 is 0 Å². The van der Waals surface area contributed by atoms with Crippen LogP contribution in [-0.4, -0.2) is 43.4 Å². The second-order valence-corrected chi connectivity index (χ2v) is 7.49. The molecule has 0 aliphatic heterocycles. The number of methoxy groups -OCH3 is 2. The molecule has 0 N–H and O–H groups in total. The van der Waals surface area contributed by atoms with Crippen molar-refractivity contribution in [3.8, 4) is 0 Å². The maximum absolute atomic E-state index is 11.9. The van der Waals surface area contributed by atoms with Crippen molar-refractivity contribution < 1.29 is 14.3 Å². The summed E-state index contributed by atoms with van der Waals surface area (Å²) in [6, 6.07) is -0.428. The van der Waals surface area contributed by atoms with Gasteiger partial charge in [-0.2, -0.15) is 0 Å². The highest BCUT2D eigenvalue weighted by atomic mass is 16.5. The van der Waals surface area contributed by atoms with E-state index in [0.717, 1.165) is 6.42 Å². The molecule has 0 spiro atoms. The van der Waals surface area contributed by atoms with Crippen LogP contribution in [0.1, 0.15) is 48.0 Å². The molecule has 0 aliphatic carbocycles. The summed E-state index contributed by atoms with van der Waals surface area (Å²) in [5.74, 6) is 0.180. The molecule has 1 unspecified atom stereocenters. The predicted molar refractivity (Wildman–Crippen MR) is 105 cm³/mol. The molecule has 0 saturated heterocycles. The molecular weight excluding hydrogens is 316 g/mol. The van der Waals surface area contributed by atoms with Gasteiger partial charge in [-0.1, -0.05) is 40.3 Å². The van der Waals surface area contributed by atoms with Gasteiger partial charge in [0.05, 0.1) is 19.8 Å². The largest absolute Gasteiger partial charge is 0.483 e. The molecule has 5 heteroatoms. The van der Waals surface area contributed by atoms with Crippen molar-refractivity contribution >= 4 is 17.6 Å². The van der Waals surface area contributed by atoms with Gasteiger partial charge in [0.2, 0.25) is 11.7 Å². The van der Waals surface area contributed by atoms with Gasteiger partial charge in [-0.15, -0.1) is 6.58 Å². The van der Waals surface area contributed by atoms with Gasteiger partial charge < -0.3 is 9.47 Å². The van der Waals surface area contributed by atoms with Crippen molar-refractivity contribution in [2.45, 2.75) is 59.5 Å². The zero-order valence-corrected chi connectivity index (χ0v) is 17.0. The van der Waals surface area contributed by atoms with Gasteiger partial charge >= 0.3 is 0 Å². The molecule has 25 heavy (non-hydrogen) atoms. The van der Waals surface area contributed by atoms with Gasteiger partial charge in [0.25, 0.3) is 5.90 Å². The minimum atomic E-state index is -0.428.